The highest BCUT2D eigenvalue weighted by Crippen LogP contribution is 2.13. The van der Waals surface area contributed by atoms with Crippen LogP contribution in [-0.2, 0) is 9.53 Å². The molecule has 0 bridgehead atoms. The highest BCUT2D eigenvalue weighted by Gasteiger charge is 2.20. The molecule has 0 fully saturated rings. The zero-order chi connectivity index (χ0) is 13.9. The largest absolute Gasteiger partial charge is 0.481 e. The van der Waals surface area contributed by atoms with E-state index in [4.69, 9.17) is 15.6 Å². The molecule has 18 heavy (non-hydrogen) atoms. The Morgan fingerprint density at radius 1 is 1.56 bits per heavy atom. The van der Waals surface area contributed by atoms with Crippen LogP contribution in [0.5, 0.6) is 0 Å². The van der Waals surface area contributed by atoms with Crippen LogP contribution < -0.4 is 5.73 Å². The van der Waals surface area contributed by atoms with Crippen LogP contribution in [0.4, 0.5) is 4.79 Å². The van der Waals surface area contributed by atoms with E-state index in [2.05, 4.69) is 4.98 Å². The van der Waals surface area contributed by atoms with Gasteiger partial charge in [0.05, 0.1) is 18.2 Å². The molecule has 0 amide bonds. The molecule has 0 aromatic carbocycles. The smallest absolute Gasteiger partial charge is 0.419 e. The van der Waals surface area contributed by atoms with Crippen molar-refractivity contribution in [2.24, 2.45) is 5.73 Å². The number of hydrogen-bond donors (Lipinski definition) is 2. The molecule has 1 rings (SSSR count). The number of aromatic nitrogens is 2. The first-order valence-corrected chi connectivity index (χ1v) is 5.43. The van der Waals surface area contributed by atoms with E-state index >= 15 is 0 Å². The Bertz CT molecular complexity index is 447. The van der Waals surface area contributed by atoms with E-state index < -0.39 is 23.7 Å². The molecule has 0 saturated carbocycles. The van der Waals surface area contributed by atoms with Crippen molar-refractivity contribution in [1.29, 1.82) is 0 Å². The number of carboxylic acids is 1. The SMILES string of the molecule is CC(C)(C)OC(=O)n1cnc(C(N)CC(=O)O)c1. The van der Waals surface area contributed by atoms with E-state index in [0.717, 1.165) is 4.57 Å². The molecule has 100 valence electrons. The molecule has 0 saturated heterocycles. The van der Waals surface area contributed by atoms with E-state index in [1.165, 1.54) is 12.5 Å². The topological polar surface area (TPSA) is 107 Å². The Morgan fingerprint density at radius 2 is 2.17 bits per heavy atom. The third-order valence-electron chi connectivity index (χ3n) is 1.98. The molecule has 1 aromatic heterocycles. The van der Waals surface area contributed by atoms with Crippen molar-refractivity contribution in [2.75, 3.05) is 0 Å². The van der Waals surface area contributed by atoms with Gasteiger partial charge in [-0.3, -0.25) is 4.79 Å². The number of imidazole rings is 1. The Morgan fingerprint density at radius 3 is 2.67 bits per heavy atom. The van der Waals surface area contributed by atoms with Gasteiger partial charge in [-0.15, -0.1) is 0 Å². The van der Waals surface area contributed by atoms with Gasteiger partial charge in [0.25, 0.3) is 0 Å². The van der Waals surface area contributed by atoms with Gasteiger partial charge in [0.2, 0.25) is 0 Å². The molecule has 0 radical (unpaired) electrons. The van der Waals surface area contributed by atoms with Gasteiger partial charge in [0.15, 0.2) is 0 Å². The van der Waals surface area contributed by atoms with Gasteiger partial charge in [-0.25, -0.2) is 14.3 Å². The normalized spacial score (nSPS) is 13.1. The van der Waals surface area contributed by atoms with Crippen molar-refractivity contribution in [3.63, 3.8) is 0 Å². The standard InChI is InChI=1S/C11H17N3O4/c1-11(2,3)18-10(17)14-5-8(13-6-14)7(12)4-9(15)16/h5-7H,4,12H2,1-3H3,(H,15,16). The number of nitrogens with two attached hydrogens (primary N) is 1. The molecular weight excluding hydrogens is 238 g/mol. The summed E-state index contributed by atoms with van der Waals surface area (Å²) in [5, 5.41) is 8.61. The number of carbonyl (C=O) groups excluding carboxylic acids is 1. The van der Waals surface area contributed by atoms with Gasteiger partial charge in [-0.1, -0.05) is 0 Å². The summed E-state index contributed by atoms with van der Waals surface area (Å²) in [6.07, 6.45) is 1.81. The summed E-state index contributed by atoms with van der Waals surface area (Å²) in [6, 6.07) is -0.744. The molecule has 1 heterocycles. The fourth-order valence-electron chi connectivity index (χ4n) is 1.24. The van der Waals surface area contributed by atoms with Crippen LogP contribution in [0, 0.1) is 0 Å². The first kappa shape index (κ1) is 14.2. The number of carbonyl (C=O) groups is 2. The second-order valence-corrected chi connectivity index (χ2v) is 4.89. The van der Waals surface area contributed by atoms with Gasteiger partial charge in [-0.05, 0) is 20.8 Å². The second kappa shape index (κ2) is 5.18. The summed E-state index contributed by atoms with van der Waals surface area (Å²) in [5.41, 5.74) is 5.36. The fraction of sp³-hybridized carbons (Fsp3) is 0.545. The van der Waals surface area contributed by atoms with Crippen LogP contribution in [0.3, 0.4) is 0 Å². The number of carboxylic acid groups (broad SMARTS) is 1. The van der Waals surface area contributed by atoms with Crippen LogP contribution in [0.2, 0.25) is 0 Å². The molecule has 1 aromatic rings. The second-order valence-electron chi connectivity index (χ2n) is 4.89. The van der Waals surface area contributed by atoms with E-state index in [1.54, 1.807) is 20.8 Å². The van der Waals surface area contributed by atoms with Crippen molar-refractivity contribution in [3.8, 4) is 0 Å². The Balaban J connectivity index is 2.74. The predicted molar refractivity (Wildman–Crippen MR) is 63.0 cm³/mol. The summed E-state index contributed by atoms with van der Waals surface area (Å²) in [6.45, 7) is 5.25. The van der Waals surface area contributed by atoms with Crippen LogP contribution in [-0.4, -0.2) is 32.3 Å². The molecule has 0 aliphatic heterocycles. The fourth-order valence-corrected chi connectivity index (χ4v) is 1.24. The third-order valence-corrected chi connectivity index (χ3v) is 1.98. The number of nitrogens with zero attached hydrogens (tertiary/aromatic N) is 2. The summed E-state index contributed by atoms with van der Waals surface area (Å²) in [7, 11) is 0. The first-order chi connectivity index (χ1) is 8.19. The van der Waals surface area contributed by atoms with E-state index in [-0.39, 0.29) is 6.42 Å². The average Bonchev–Trinajstić information content (AvgIpc) is 2.61. The van der Waals surface area contributed by atoms with Crippen LogP contribution in [0.1, 0.15) is 38.9 Å². The Kier molecular flexibility index (Phi) is 4.07. The van der Waals surface area contributed by atoms with Gasteiger partial charge >= 0.3 is 12.1 Å². The molecule has 7 heteroatoms. The average molecular weight is 255 g/mol. The van der Waals surface area contributed by atoms with Crippen molar-refractivity contribution >= 4 is 12.1 Å². The van der Waals surface area contributed by atoms with E-state index in [1.807, 2.05) is 0 Å². The van der Waals surface area contributed by atoms with Crippen molar-refractivity contribution in [2.45, 2.75) is 38.8 Å². The maximum atomic E-state index is 11.7. The Labute approximate surface area is 105 Å². The van der Waals surface area contributed by atoms with E-state index in [9.17, 15) is 9.59 Å². The molecule has 7 nitrogen and oxygen atoms in total. The zero-order valence-electron chi connectivity index (χ0n) is 10.6. The lowest BCUT2D eigenvalue weighted by atomic mass is 10.2. The monoisotopic (exact) mass is 255 g/mol. The number of ether oxygens (including phenoxy) is 1. The van der Waals surface area contributed by atoms with Crippen LogP contribution in [0.15, 0.2) is 12.5 Å². The lowest BCUT2D eigenvalue weighted by molar-refractivity contribution is -0.137. The molecule has 1 unspecified atom stereocenters. The summed E-state index contributed by atoms with van der Waals surface area (Å²) >= 11 is 0. The maximum absolute atomic E-state index is 11.7. The molecular formula is C11H17N3O4. The van der Waals surface area contributed by atoms with E-state index in [0.29, 0.717) is 5.69 Å². The minimum atomic E-state index is -1.02. The summed E-state index contributed by atoms with van der Waals surface area (Å²) < 4.78 is 6.27. The van der Waals surface area contributed by atoms with Crippen LogP contribution >= 0.6 is 0 Å². The minimum absolute atomic E-state index is 0.245. The van der Waals surface area contributed by atoms with Gasteiger partial charge in [-0.2, -0.15) is 0 Å². The highest BCUT2D eigenvalue weighted by atomic mass is 16.6. The Hall–Kier alpha value is -1.89. The van der Waals surface area contributed by atoms with Gasteiger partial charge in [0.1, 0.15) is 11.9 Å². The highest BCUT2D eigenvalue weighted by molar-refractivity contribution is 5.71. The first-order valence-electron chi connectivity index (χ1n) is 5.43. The van der Waals surface area contributed by atoms with Crippen molar-refractivity contribution in [1.82, 2.24) is 9.55 Å². The number of rotatable bonds is 3. The number of hydrogen-bond acceptors (Lipinski definition) is 5. The van der Waals surface area contributed by atoms with Gasteiger partial charge in [0, 0.05) is 6.20 Å². The predicted octanol–water partition coefficient (Wildman–Crippen LogP) is 1.14. The van der Waals surface area contributed by atoms with Crippen molar-refractivity contribution < 1.29 is 19.4 Å². The van der Waals surface area contributed by atoms with Gasteiger partial charge < -0.3 is 15.6 Å². The third kappa shape index (κ3) is 4.17. The number of aliphatic carboxylic acids is 1. The molecule has 1 atom stereocenters. The molecule has 3 N–H and O–H groups in total. The summed E-state index contributed by atoms with van der Waals surface area (Å²) in [5.74, 6) is -1.02. The molecule has 0 spiro atoms. The lowest BCUT2D eigenvalue weighted by Gasteiger charge is -2.19. The van der Waals surface area contributed by atoms with Crippen LogP contribution in [0.25, 0.3) is 0 Å². The molecule has 0 aliphatic carbocycles. The quantitative estimate of drug-likeness (QED) is 0.838. The van der Waals surface area contributed by atoms with Crippen molar-refractivity contribution in [3.05, 3.63) is 18.2 Å². The minimum Gasteiger partial charge on any atom is -0.481 e. The summed E-state index contributed by atoms with van der Waals surface area (Å²) in [4.78, 5) is 26.1. The lowest BCUT2D eigenvalue weighted by Crippen LogP contribution is -2.26. The maximum Gasteiger partial charge on any atom is 0.419 e. The molecule has 0 aliphatic rings. The zero-order valence-corrected chi connectivity index (χ0v) is 10.6.